The van der Waals surface area contributed by atoms with Crippen molar-refractivity contribution < 1.29 is 18.0 Å². The minimum absolute atomic E-state index is 0.0387. The lowest BCUT2D eigenvalue weighted by molar-refractivity contribution is -0.135. The molecule has 0 radical (unpaired) electrons. The predicted molar refractivity (Wildman–Crippen MR) is 112 cm³/mol. The third-order valence-electron chi connectivity index (χ3n) is 6.26. The van der Waals surface area contributed by atoms with Crippen molar-refractivity contribution in [1.29, 1.82) is 0 Å². The van der Waals surface area contributed by atoms with Crippen molar-refractivity contribution in [3.8, 4) is 0 Å². The first-order chi connectivity index (χ1) is 13.5. The molecule has 2 amide bonds. The monoisotopic (exact) mass is 422 g/mol. The van der Waals surface area contributed by atoms with Crippen LogP contribution in [0.5, 0.6) is 0 Å². The van der Waals surface area contributed by atoms with E-state index in [9.17, 15) is 18.0 Å². The molecule has 1 aromatic rings. The summed E-state index contributed by atoms with van der Waals surface area (Å²) < 4.78 is 26.0. The smallest absolute Gasteiger partial charge is 0.241 e. The van der Waals surface area contributed by atoms with Gasteiger partial charge in [0.15, 0.2) is 0 Å². The highest BCUT2D eigenvalue weighted by atomic mass is 32.2. The van der Waals surface area contributed by atoms with Gasteiger partial charge in [-0.25, -0.2) is 8.42 Å². The summed E-state index contributed by atoms with van der Waals surface area (Å²) in [5.74, 6) is -0.346. The van der Waals surface area contributed by atoms with Crippen molar-refractivity contribution in [1.82, 2.24) is 15.5 Å². The van der Waals surface area contributed by atoms with E-state index < -0.39 is 15.6 Å². The zero-order chi connectivity index (χ0) is 21.4. The third kappa shape index (κ3) is 4.11. The topological polar surface area (TPSA) is 98.8 Å². The second-order valence-corrected chi connectivity index (χ2v) is 10.4. The summed E-state index contributed by atoms with van der Waals surface area (Å²) in [7, 11) is -1.66. The lowest BCUT2D eigenvalue weighted by Crippen LogP contribution is -2.54. The van der Waals surface area contributed by atoms with Gasteiger partial charge in [0.05, 0.1) is 24.0 Å². The first kappa shape index (κ1) is 21.6. The fourth-order valence-electron chi connectivity index (χ4n) is 4.09. The quantitative estimate of drug-likeness (QED) is 0.718. The average Bonchev–Trinajstić information content (AvgIpc) is 3.01. The summed E-state index contributed by atoms with van der Waals surface area (Å²) in [6.45, 7) is 4.96. The number of anilines is 1. The van der Waals surface area contributed by atoms with Gasteiger partial charge in [-0.05, 0) is 45.4 Å². The molecular formula is C20H30N4O4S. The number of likely N-dealkylation sites (tertiary alicyclic amines) is 1. The first-order valence-electron chi connectivity index (χ1n) is 9.82. The zero-order valence-corrected chi connectivity index (χ0v) is 18.3. The van der Waals surface area contributed by atoms with Crippen molar-refractivity contribution in [2.24, 2.45) is 0 Å². The Balaban J connectivity index is 1.66. The fourth-order valence-corrected chi connectivity index (χ4v) is 5.09. The van der Waals surface area contributed by atoms with Gasteiger partial charge in [-0.2, -0.15) is 0 Å². The van der Waals surface area contributed by atoms with Crippen molar-refractivity contribution in [2.45, 2.75) is 37.6 Å². The second-order valence-electron chi connectivity index (χ2n) is 8.51. The van der Waals surface area contributed by atoms with Crippen LogP contribution in [0.25, 0.3) is 0 Å². The number of para-hydroxylation sites is 1. The van der Waals surface area contributed by atoms with Crippen LogP contribution in [0.1, 0.15) is 32.3 Å². The van der Waals surface area contributed by atoms with Crippen LogP contribution in [0.4, 0.5) is 5.69 Å². The van der Waals surface area contributed by atoms with Crippen LogP contribution in [-0.2, 0) is 25.0 Å². The first-order valence-corrected chi connectivity index (χ1v) is 11.7. The molecule has 8 nitrogen and oxygen atoms in total. The maximum atomic E-state index is 12.6. The van der Waals surface area contributed by atoms with Crippen LogP contribution in [0, 0.1) is 0 Å². The van der Waals surface area contributed by atoms with E-state index >= 15 is 0 Å². The average molecular weight is 423 g/mol. The number of benzene rings is 1. The van der Waals surface area contributed by atoms with Crippen LogP contribution in [-0.4, -0.2) is 70.2 Å². The van der Waals surface area contributed by atoms with Crippen molar-refractivity contribution in [3.05, 3.63) is 29.8 Å². The molecule has 2 aliphatic rings. The number of piperidine rings is 1. The van der Waals surface area contributed by atoms with Gasteiger partial charge in [-0.1, -0.05) is 18.2 Å². The van der Waals surface area contributed by atoms with E-state index in [1.54, 1.807) is 25.8 Å². The van der Waals surface area contributed by atoms with Crippen molar-refractivity contribution in [2.75, 3.05) is 43.8 Å². The Labute approximate surface area is 172 Å². The summed E-state index contributed by atoms with van der Waals surface area (Å²) in [5, 5.41) is 5.61. The maximum Gasteiger partial charge on any atom is 0.241 e. The van der Waals surface area contributed by atoms with Crippen LogP contribution >= 0.6 is 0 Å². The van der Waals surface area contributed by atoms with E-state index in [4.69, 9.17) is 0 Å². The third-order valence-corrected chi connectivity index (χ3v) is 7.38. The molecule has 1 spiro atoms. The Hall–Kier alpha value is -2.13. The Morgan fingerprint density at radius 2 is 1.79 bits per heavy atom. The molecule has 2 aliphatic heterocycles. The van der Waals surface area contributed by atoms with Gasteiger partial charge in [0.1, 0.15) is 0 Å². The highest BCUT2D eigenvalue weighted by Gasteiger charge is 2.47. The van der Waals surface area contributed by atoms with Crippen LogP contribution < -0.4 is 14.9 Å². The van der Waals surface area contributed by atoms with Crippen molar-refractivity contribution in [3.63, 3.8) is 0 Å². The minimum Gasteiger partial charge on any atom is -0.345 e. The molecule has 0 bridgehead atoms. The molecule has 1 saturated heterocycles. The number of nitrogens with one attached hydrogen (secondary N) is 2. The van der Waals surface area contributed by atoms with Gasteiger partial charge in [-0.3, -0.25) is 13.9 Å². The molecule has 160 valence electrons. The summed E-state index contributed by atoms with van der Waals surface area (Å²) in [5.41, 5.74) is 0.779. The lowest BCUT2D eigenvalue weighted by atomic mass is 9.74. The van der Waals surface area contributed by atoms with Gasteiger partial charge < -0.3 is 15.5 Å². The molecule has 0 unspecified atom stereocenters. The van der Waals surface area contributed by atoms with E-state index in [1.165, 1.54) is 10.6 Å². The number of nitrogens with zero attached hydrogens (tertiary/aromatic N) is 2. The molecule has 1 aromatic carbocycles. The zero-order valence-electron chi connectivity index (χ0n) is 17.5. The van der Waals surface area contributed by atoms with Gasteiger partial charge in [0, 0.05) is 25.0 Å². The summed E-state index contributed by atoms with van der Waals surface area (Å²) >= 11 is 0. The summed E-state index contributed by atoms with van der Waals surface area (Å²) in [6, 6.07) is 7.63. The lowest BCUT2D eigenvalue weighted by Gasteiger charge is -2.40. The van der Waals surface area contributed by atoms with Crippen molar-refractivity contribution >= 4 is 27.5 Å². The number of amides is 2. The molecule has 0 atom stereocenters. The second kappa shape index (κ2) is 7.60. The number of rotatable bonds is 5. The SMILES string of the molecule is CNC(C)(C)C(=O)NCC(=O)N1CCC2(CC1)CN(S(C)(=O)=O)c1ccccc12. The van der Waals surface area contributed by atoms with Crippen LogP contribution in [0.3, 0.4) is 0 Å². The molecule has 2 N–H and O–H groups in total. The van der Waals surface area contributed by atoms with E-state index in [0.29, 0.717) is 32.5 Å². The molecule has 0 aliphatic carbocycles. The van der Waals surface area contributed by atoms with Gasteiger partial charge in [0.2, 0.25) is 21.8 Å². The number of carbonyl (C=O) groups is 2. The highest BCUT2D eigenvalue weighted by molar-refractivity contribution is 7.92. The molecule has 2 heterocycles. The number of carbonyl (C=O) groups excluding carboxylic acids is 2. The predicted octanol–water partition coefficient (Wildman–Crippen LogP) is 0.441. The van der Waals surface area contributed by atoms with Gasteiger partial charge in [0.25, 0.3) is 0 Å². The normalized spacial score (nSPS) is 18.6. The standard InChI is InChI=1S/C20H30N4O4S/c1-19(2,21-3)18(26)22-13-17(25)23-11-9-20(10-12-23)14-24(29(4,27)28)16-8-6-5-7-15(16)20/h5-8,21H,9-14H2,1-4H3,(H,22,26). The Kier molecular flexibility index (Phi) is 5.66. The molecular weight excluding hydrogens is 392 g/mol. The minimum atomic E-state index is -3.36. The molecule has 9 heteroatoms. The highest BCUT2D eigenvalue weighted by Crippen LogP contribution is 2.47. The number of hydrogen-bond acceptors (Lipinski definition) is 5. The Bertz CT molecular complexity index is 905. The van der Waals surface area contributed by atoms with E-state index in [1.807, 2.05) is 24.3 Å². The Morgan fingerprint density at radius 3 is 2.38 bits per heavy atom. The van der Waals surface area contributed by atoms with Crippen LogP contribution in [0.2, 0.25) is 0 Å². The number of sulfonamides is 1. The number of fused-ring (bicyclic) bond motifs is 2. The van der Waals surface area contributed by atoms with Gasteiger partial charge in [-0.15, -0.1) is 0 Å². The Morgan fingerprint density at radius 1 is 1.17 bits per heavy atom. The molecule has 0 aromatic heterocycles. The molecule has 1 fully saturated rings. The summed E-state index contributed by atoms with van der Waals surface area (Å²) in [6.07, 6.45) is 2.62. The summed E-state index contributed by atoms with van der Waals surface area (Å²) in [4.78, 5) is 26.5. The van der Waals surface area contributed by atoms with E-state index in [2.05, 4.69) is 10.6 Å². The van der Waals surface area contributed by atoms with Crippen LogP contribution in [0.15, 0.2) is 24.3 Å². The molecule has 29 heavy (non-hydrogen) atoms. The van der Waals surface area contributed by atoms with Gasteiger partial charge >= 0.3 is 0 Å². The van der Waals surface area contributed by atoms with E-state index in [0.717, 1.165) is 11.3 Å². The number of likely N-dealkylation sites (N-methyl/N-ethyl adjacent to an activating group) is 1. The molecule has 0 saturated carbocycles. The number of hydrogen-bond donors (Lipinski definition) is 2. The fraction of sp³-hybridized carbons (Fsp3) is 0.600. The molecule has 3 rings (SSSR count). The largest absolute Gasteiger partial charge is 0.345 e. The maximum absolute atomic E-state index is 12.6. The van der Waals surface area contributed by atoms with E-state index in [-0.39, 0.29) is 23.8 Å².